The number of carbonyl (C=O) groups excluding carboxylic acids is 2. The van der Waals surface area contributed by atoms with Crippen LogP contribution in [0.2, 0.25) is 5.02 Å². The smallest absolute Gasteiger partial charge is 0.263 e. The molecule has 1 fully saturated rings. The molecule has 2 aromatic carbocycles. The van der Waals surface area contributed by atoms with Gasteiger partial charge in [-0.25, -0.2) is 0 Å². The standard InChI is InChI=1S/C23H24ClNO5/c1-15(30-19-5-3-18(24)4-6-19)23(27)25-10-8-16(9-11-25)22(26)17-2-7-20-21(14-17)29-13-12-28-20/h2-7,14-16H,8-13H2,1H3. The minimum atomic E-state index is -0.601. The van der Waals surface area contributed by atoms with Crippen LogP contribution in [0.1, 0.15) is 30.1 Å². The first-order chi connectivity index (χ1) is 14.5. The van der Waals surface area contributed by atoms with Gasteiger partial charge in [-0.1, -0.05) is 11.6 Å². The number of rotatable bonds is 5. The van der Waals surface area contributed by atoms with E-state index in [1.54, 1.807) is 54.3 Å². The van der Waals surface area contributed by atoms with Gasteiger partial charge in [0.05, 0.1) is 0 Å². The molecule has 6 nitrogen and oxygen atoms in total. The Kier molecular flexibility index (Phi) is 6.13. The zero-order valence-electron chi connectivity index (χ0n) is 16.8. The van der Waals surface area contributed by atoms with Gasteiger partial charge >= 0.3 is 0 Å². The summed E-state index contributed by atoms with van der Waals surface area (Å²) in [7, 11) is 0. The molecule has 2 aromatic rings. The fraction of sp³-hybridized carbons (Fsp3) is 0.391. The van der Waals surface area contributed by atoms with Crippen LogP contribution in [0.3, 0.4) is 0 Å². The van der Waals surface area contributed by atoms with E-state index in [1.807, 2.05) is 0 Å². The summed E-state index contributed by atoms with van der Waals surface area (Å²) in [5.41, 5.74) is 0.628. The molecule has 1 unspecified atom stereocenters. The first kappa shape index (κ1) is 20.5. The Morgan fingerprint density at radius 2 is 1.70 bits per heavy atom. The number of Topliss-reactive ketones (excluding diaryl/α,β-unsaturated/α-hetero) is 1. The maximum atomic E-state index is 12.9. The second-order valence-corrected chi connectivity index (χ2v) is 7.97. The summed E-state index contributed by atoms with van der Waals surface area (Å²) in [6.07, 6.45) is 0.663. The van der Waals surface area contributed by atoms with Crippen LogP contribution in [0.25, 0.3) is 0 Å². The van der Waals surface area contributed by atoms with Gasteiger partial charge in [0.25, 0.3) is 5.91 Å². The molecule has 0 N–H and O–H groups in total. The van der Waals surface area contributed by atoms with Gasteiger partial charge in [-0.3, -0.25) is 9.59 Å². The molecule has 1 saturated heterocycles. The van der Waals surface area contributed by atoms with E-state index in [1.165, 1.54) is 0 Å². The van der Waals surface area contributed by atoms with Crippen molar-refractivity contribution in [1.29, 1.82) is 0 Å². The van der Waals surface area contributed by atoms with Gasteiger partial charge in [0.1, 0.15) is 19.0 Å². The normalized spacial score (nSPS) is 17.3. The third-order valence-corrected chi connectivity index (χ3v) is 5.73. The number of halogens is 1. The number of hydrogen-bond acceptors (Lipinski definition) is 5. The van der Waals surface area contributed by atoms with Gasteiger partial charge in [-0.05, 0) is 62.2 Å². The van der Waals surface area contributed by atoms with Crippen molar-refractivity contribution >= 4 is 23.3 Å². The third kappa shape index (κ3) is 4.54. The molecular weight excluding hydrogens is 406 g/mol. The van der Waals surface area contributed by atoms with Crippen LogP contribution in [0.5, 0.6) is 17.2 Å². The highest BCUT2D eigenvalue weighted by Gasteiger charge is 2.31. The number of hydrogen-bond donors (Lipinski definition) is 0. The topological polar surface area (TPSA) is 65.1 Å². The number of carbonyl (C=O) groups is 2. The molecule has 4 rings (SSSR count). The molecule has 2 aliphatic rings. The molecule has 7 heteroatoms. The van der Waals surface area contributed by atoms with E-state index in [-0.39, 0.29) is 17.6 Å². The van der Waals surface area contributed by atoms with Crippen molar-refractivity contribution in [1.82, 2.24) is 4.90 Å². The molecule has 0 bridgehead atoms. The van der Waals surface area contributed by atoms with Gasteiger partial charge < -0.3 is 19.1 Å². The number of amides is 1. The highest BCUT2D eigenvalue weighted by atomic mass is 35.5. The Hall–Kier alpha value is -2.73. The third-order valence-electron chi connectivity index (χ3n) is 5.48. The summed E-state index contributed by atoms with van der Waals surface area (Å²) in [6, 6.07) is 12.3. The van der Waals surface area contributed by atoms with Crippen LogP contribution in [0.15, 0.2) is 42.5 Å². The summed E-state index contributed by atoms with van der Waals surface area (Å²) in [6.45, 7) is 3.82. The lowest BCUT2D eigenvalue weighted by atomic mass is 9.88. The lowest BCUT2D eigenvalue weighted by Crippen LogP contribution is -2.45. The number of piperidine rings is 1. The zero-order chi connectivity index (χ0) is 21.1. The van der Waals surface area contributed by atoms with E-state index in [9.17, 15) is 9.59 Å². The number of ether oxygens (including phenoxy) is 3. The lowest BCUT2D eigenvalue weighted by Gasteiger charge is -2.33. The predicted molar refractivity (Wildman–Crippen MR) is 113 cm³/mol. The van der Waals surface area contributed by atoms with E-state index in [4.69, 9.17) is 25.8 Å². The Morgan fingerprint density at radius 3 is 2.40 bits per heavy atom. The molecule has 2 aliphatic heterocycles. The van der Waals surface area contributed by atoms with Crippen molar-refractivity contribution in [3.05, 3.63) is 53.1 Å². The predicted octanol–water partition coefficient (Wildman–Crippen LogP) is 4.00. The average molecular weight is 430 g/mol. The first-order valence-corrected chi connectivity index (χ1v) is 10.5. The van der Waals surface area contributed by atoms with Gasteiger partial charge in [-0.15, -0.1) is 0 Å². The van der Waals surface area contributed by atoms with Crippen molar-refractivity contribution in [3.63, 3.8) is 0 Å². The van der Waals surface area contributed by atoms with E-state index in [0.29, 0.717) is 67.0 Å². The van der Waals surface area contributed by atoms with Gasteiger partial charge in [0.15, 0.2) is 23.4 Å². The molecule has 2 heterocycles. The van der Waals surface area contributed by atoms with Crippen molar-refractivity contribution < 1.29 is 23.8 Å². The maximum absolute atomic E-state index is 12.9. The Morgan fingerprint density at radius 1 is 1.03 bits per heavy atom. The highest BCUT2D eigenvalue weighted by Crippen LogP contribution is 2.32. The monoisotopic (exact) mass is 429 g/mol. The molecule has 0 aromatic heterocycles. The van der Waals surface area contributed by atoms with E-state index < -0.39 is 6.10 Å². The van der Waals surface area contributed by atoms with Crippen molar-refractivity contribution in [2.45, 2.75) is 25.9 Å². The lowest BCUT2D eigenvalue weighted by molar-refractivity contribution is -0.139. The molecule has 0 spiro atoms. The number of benzene rings is 2. The quantitative estimate of drug-likeness (QED) is 0.672. The summed E-state index contributed by atoms with van der Waals surface area (Å²) >= 11 is 5.88. The molecule has 30 heavy (non-hydrogen) atoms. The van der Waals surface area contributed by atoms with E-state index in [0.717, 1.165) is 0 Å². The van der Waals surface area contributed by atoms with Crippen molar-refractivity contribution in [2.75, 3.05) is 26.3 Å². The Labute approximate surface area is 180 Å². The zero-order valence-corrected chi connectivity index (χ0v) is 17.6. The van der Waals surface area contributed by atoms with Gasteiger partial charge in [0.2, 0.25) is 0 Å². The minimum absolute atomic E-state index is 0.0739. The SMILES string of the molecule is CC(Oc1ccc(Cl)cc1)C(=O)N1CCC(C(=O)c2ccc3c(c2)OCCO3)CC1. The second kappa shape index (κ2) is 8.96. The fourth-order valence-corrected chi connectivity index (χ4v) is 3.95. The Bertz CT molecular complexity index is 922. The van der Waals surface area contributed by atoms with Gasteiger partial charge in [0, 0.05) is 29.6 Å². The molecule has 0 aliphatic carbocycles. The van der Waals surface area contributed by atoms with Crippen molar-refractivity contribution in [3.8, 4) is 17.2 Å². The summed E-state index contributed by atoms with van der Waals surface area (Å²) < 4.78 is 16.8. The average Bonchev–Trinajstić information content (AvgIpc) is 2.79. The summed E-state index contributed by atoms with van der Waals surface area (Å²) in [5.74, 6) is 1.80. The number of ketones is 1. The first-order valence-electron chi connectivity index (χ1n) is 10.2. The minimum Gasteiger partial charge on any atom is -0.486 e. The highest BCUT2D eigenvalue weighted by molar-refractivity contribution is 6.30. The molecular formula is C23H24ClNO5. The van der Waals surface area contributed by atoms with E-state index in [2.05, 4.69) is 0 Å². The molecule has 1 atom stereocenters. The maximum Gasteiger partial charge on any atom is 0.263 e. The summed E-state index contributed by atoms with van der Waals surface area (Å²) in [5, 5.41) is 0.617. The van der Waals surface area contributed by atoms with E-state index >= 15 is 0 Å². The van der Waals surface area contributed by atoms with Crippen LogP contribution in [-0.2, 0) is 4.79 Å². The largest absolute Gasteiger partial charge is 0.486 e. The van der Waals surface area contributed by atoms with Crippen LogP contribution in [0, 0.1) is 5.92 Å². The van der Waals surface area contributed by atoms with Crippen molar-refractivity contribution in [2.24, 2.45) is 5.92 Å². The molecule has 1 amide bonds. The second-order valence-electron chi connectivity index (χ2n) is 7.54. The fourth-order valence-electron chi connectivity index (χ4n) is 3.82. The molecule has 158 valence electrons. The van der Waals surface area contributed by atoms with Crippen LogP contribution < -0.4 is 14.2 Å². The van der Waals surface area contributed by atoms with Crippen LogP contribution in [-0.4, -0.2) is 49.0 Å². The van der Waals surface area contributed by atoms with Crippen LogP contribution >= 0.6 is 11.6 Å². The number of likely N-dealkylation sites (tertiary alicyclic amines) is 1. The number of fused-ring (bicyclic) bond motifs is 1. The summed E-state index contributed by atoms with van der Waals surface area (Å²) in [4.78, 5) is 27.4. The van der Waals surface area contributed by atoms with Gasteiger partial charge in [-0.2, -0.15) is 0 Å². The number of nitrogens with zero attached hydrogens (tertiary/aromatic N) is 1. The Balaban J connectivity index is 1.32. The molecule has 0 radical (unpaired) electrons. The van der Waals surface area contributed by atoms with Crippen LogP contribution in [0.4, 0.5) is 0 Å². The molecule has 0 saturated carbocycles.